The summed E-state index contributed by atoms with van der Waals surface area (Å²) in [5.74, 6) is 0.950. The Labute approximate surface area is 179 Å². The zero-order valence-electron chi connectivity index (χ0n) is 16.3. The maximum atomic E-state index is 6.14. The molecule has 0 saturated carbocycles. The van der Waals surface area contributed by atoms with Crippen molar-refractivity contribution in [2.24, 2.45) is 0 Å². The van der Waals surface area contributed by atoms with Crippen molar-refractivity contribution >= 4 is 61.8 Å². The maximum absolute atomic E-state index is 6.14. The van der Waals surface area contributed by atoms with Gasteiger partial charge in [0.15, 0.2) is 4.34 Å². The Morgan fingerprint density at radius 3 is 2.19 bits per heavy atom. The van der Waals surface area contributed by atoms with Crippen molar-refractivity contribution in [3.63, 3.8) is 0 Å². The zero-order chi connectivity index (χ0) is 19.4. The highest BCUT2D eigenvalue weighted by molar-refractivity contribution is 9.09. The number of benzene rings is 1. The van der Waals surface area contributed by atoms with E-state index in [2.05, 4.69) is 44.0 Å². The number of aromatic nitrogens is 1. The number of rotatable bonds is 15. The molecule has 0 aliphatic heterocycles. The Hall–Kier alpha value is 0.257. The first-order chi connectivity index (χ1) is 13.2. The van der Waals surface area contributed by atoms with Crippen LogP contribution in [0.1, 0.15) is 40.0 Å². The second-order valence-corrected chi connectivity index (χ2v) is 14.1. The van der Waals surface area contributed by atoms with Gasteiger partial charge in [0.25, 0.3) is 0 Å². The average molecular weight is 464 g/mol. The van der Waals surface area contributed by atoms with E-state index in [9.17, 15) is 0 Å². The molecule has 0 amide bonds. The van der Waals surface area contributed by atoms with Gasteiger partial charge in [0.05, 0.1) is 10.2 Å². The molecule has 4 nitrogen and oxygen atoms in total. The van der Waals surface area contributed by atoms with Crippen LogP contribution < -0.4 is 0 Å². The number of hydrogen-bond acceptors (Lipinski definition) is 8. The second kappa shape index (κ2) is 13.5. The van der Waals surface area contributed by atoms with E-state index in [1.54, 1.807) is 32.0 Å². The average Bonchev–Trinajstić information content (AvgIpc) is 3.11. The molecule has 1 heterocycles. The minimum atomic E-state index is -2.57. The predicted octanol–water partition coefficient (Wildman–Crippen LogP) is 6.90. The molecule has 27 heavy (non-hydrogen) atoms. The summed E-state index contributed by atoms with van der Waals surface area (Å²) in [4.78, 5) is 4.66. The van der Waals surface area contributed by atoms with Crippen LogP contribution in [-0.2, 0) is 13.3 Å². The van der Waals surface area contributed by atoms with Crippen LogP contribution in [0.2, 0.25) is 6.04 Å². The highest BCUT2D eigenvalue weighted by Gasteiger charge is 2.40. The lowest BCUT2D eigenvalue weighted by Gasteiger charge is -2.29. The molecular weight excluding hydrogens is 435 g/mol. The lowest BCUT2D eigenvalue weighted by atomic mass is 10.3. The van der Waals surface area contributed by atoms with E-state index in [-0.39, 0.29) is 0 Å². The summed E-state index contributed by atoms with van der Waals surface area (Å²) in [7, 11) is 2.76. The topological polar surface area (TPSA) is 40.6 Å². The molecule has 0 radical (unpaired) electrons. The van der Waals surface area contributed by atoms with E-state index in [1.165, 1.54) is 4.70 Å². The third-order valence-electron chi connectivity index (χ3n) is 3.50. The van der Waals surface area contributed by atoms with Crippen LogP contribution in [0.5, 0.6) is 0 Å². The van der Waals surface area contributed by atoms with E-state index in [4.69, 9.17) is 13.3 Å². The van der Waals surface area contributed by atoms with E-state index < -0.39 is 8.80 Å². The van der Waals surface area contributed by atoms with E-state index >= 15 is 0 Å². The molecule has 0 bridgehead atoms. The zero-order valence-corrected chi connectivity index (χ0v) is 20.5. The molecule has 1 aromatic heterocycles. The molecule has 0 N–H and O–H groups in total. The molecule has 0 aliphatic carbocycles. The highest BCUT2D eigenvalue weighted by Crippen LogP contribution is 2.43. The molecule has 1 aromatic carbocycles. The fourth-order valence-corrected chi connectivity index (χ4v) is 11.2. The molecule has 0 fully saturated rings. The monoisotopic (exact) mass is 463 g/mol. The number of hydrogen-bond donors (Lipinski definition) is 0. The molecule has 0 unspecified atom stereocenters. The SMILES string of the molecule is CCCO[Si](CCSSSc1nc2ccccc2s1)(OCCC)OCCC. The molecule has 0 atom stereocenters. The molecule has 0 saturated heterocycles. The summed E-state index contributed by atoms with van der Waals surface area (Å²) < 4.78 is 20.8. The van der Waals surface area contributed by atoms with Crippen LogP contribution in [0.3, 0.4) is 0 Å². The van der Waals surface area contributed by atoms with Crippen LogP contribution in [0.15, 0.2) is 28.6 Å². The quantitative estimate of drug-likeness (QED) is 0.161. The molecule has 2 rings (SSSR count). The van der Waals surface area contributed by atoms with Gasteiger partial charge in [-0.25, -0.2) is 4.98 Å². The van der Waals surface area contributed by atoms with Crippen LogP contribution in [0.4, 0.5) is 0 Å². The van der Waals surface area contributed by atoms with Gasteiger partial charge in [0.1, 0.15) is 0 Å². The Balaban J connectivity index is 1.81. The molecule has 0 aliphatic rings. The van der Waals surface area contributed by atoms with Gasteiger partial charge >= 0.3 is 8.80 Å². The second-order valence-electron chi connectivity index (χ2n) is 5.90. The Morgan fingerprint density at radius 1 is 0.963 bits per heavy atom. The first-order valence-corrected chi connectivity index (χ1v) is 15.9. The van der Waals surface area contributed by atoms with Gasteiger partial charge in [-0.1, -0.05) is 43.7 Å². The Kier molecular flexibility index (Phi) is 11.7. The summed E-state index contributed by atoms with van der Waals surface area (Å²) in [5, 5.41) is 0. The summed E-state index contributed by atoms with van der Waals surface area (Å²) in [6, 6.07) is 9.13. The lowest BCUT2D eigenvalue weighted by Crippen LogP contribution is -2.47. The first-order valence-electron chi connectivity index (χ1n) is 9.46. The minimum absolute atomic E-state index is 0.706. The number of thiazole rings is 1. The summed E-state index contributed by atoms with van der Waals surface area (Å²) >= 11 is 1.75. The van der Waals surface area contributed by atoms with Gasteiger partial charge < -0.3 is 13.3 Å². The molecular formula is C18H29NO3S4Si. The van der Waals surface area contributed by atoms with Crippen LogP contribution in [-0.4, -0.2) is 39.4 Å². The summed E-state index contributed by atoms with van der Waals surface area (Å²) in [5.41, 5.74) is 1.08. The third kappa shape index (κ3) is 8.26. The van der Waals surface area contributed by atoms with Crippen molar-refractivity contribution in [2.75, 3.05) is 25.6 Å². The number of fused-ring (bicyclic) bond motifs is 1. The van der Waals surface area contributed by atoms with Crippen molar-refractivity contribution in [2.45, 2.75) is 50.4 Å². The summed E-state index contributed by atoms with van der Waals surface area (Å²) in [6.07, 6.45) is 2.94. The number of para-hydroxylation sites is 1. The maximum Gasteiger partial charge on any atom is 0.501 e. The van der Waals surface area contributed by atoms with Gasteiger partial charge in [-0.2, -0.15) is 0 Å². The smallest absolute Gasteiger partial charge is 0.373 e. The van der Waals surface area contributed by atoms with E-state index in [1.807, 2.05) is 16.9 Å². The van der Waals surface area contributed by atoms with Gasteiger partial charge in [-0.05, 0) is 52.0 Å². The predicted molar refractivity (Wildman–Crippen MR) is 125 cm³/mol. The minimum Gasteiger partial charge on any atom is -0.373 e. The largest absolute Gasteiger partial charge is 0.501 e. The molecule has 9 heteroatoms. The number of nitrogens with zero attached hydrogens (tertiary/aromatic N) is 1. The van der Waals surface area contributed by atoms with E-state index in [0.717, 1.165) is 40.9 Å². The lowest BCUT2D eigenvalue weighted by molar-refractivity contribution is 0.0607. The Bertz CT molecular complexity index is 604. The van der Waals surface area contributed by atoms with Crippen molar-refractivity contribution < 1.29 is 13.3 Å². The van der Waals surface area contributed by atoms with Crippen molar-refractivity contribution in [3.8, 4) is 0 Å². The Morgan fingerprint density at radius 2 is 1.59 bits per heavy atom. The van der Waals surface area contributed by atoms with Crippen LogP contribution in [0, 0.1) is 0 Å². The van der Waals surface area contributed by atoms with Crippen LogP contribution in [0.25, 0.3) is 10.2 Å². The van der Waals surface area contributed by atoms with Crippen molar-refractivity contribution in [3.05, 3.63) is 24.3 Å². The van der Waals surface area contributed by atoms with Gasteiger partial charge in [-0.15, -0.1) is 11.3 Å². The third-order valence-corrected chi connectivity index (χ3v) is 12.0. The van der Waals surface area contributed by atoms with Crippen LogP contribution >= 0.6 is 42.8 Å². The highest BCUT2D eigenvalue weighted by atomic mass is 33.5. The molecule has 0 spiro atoms. The van der Waals surface area contributed by atoms with Crippen molar-refractivity contribution in [1.29, 1.82) is 0 Å². The summed E-state index contributed by atoms with van der Waals surface area (Å²) in [6.45, 7) is 8.49. The fraction of sp³-hybridized carbons (Fsp3) is 0.611. The molecule has 152 valence electrons. The van der Waals surface area contributed by atoms with Gasteiger partial charge in [0.2, 0.25) is 0 Å². The first kappa shape index (κ1) is 23.5. The van der Waals surface area contributed by atoms with Gasteiger partial charge in [-0.3, -0.25) is 0 Å². The van der Waals surface area contributed by atoms with Gasteiger partial charge in [0, 0.05) is 31.6 Å². The standard InChI is InChI=1S/C18H29NO3S4Si/c1-4-11-20-27(21-12-5-2,22-13-6-3)15-14-23-26-25-18-19-16-9-7-8-10-17(16)24-18/h7-10H,4-6,11-15H2,1-3H3. The van der Waals surface area contributed by atoms with E-state index in [0.29, 0.717) is 19.8 Å². The van der Waals surface area contributed by atoms with Crippen molar-refractivity contribution in [1.82, 2.24) is 4.98 Å². The normalized spacial score (nSPS) is 12.1. The molecule has 2 aromatic rings. The fourth-order valence-electron chi connectivity index (χ4n) is 2.25.